The molecule has 0 spiro atoms. The lowest BCUT2D eigenvalue weighted by atomic mass is 10.00. The molecule has 13 rings (SSSR count). The number of fused-ring (bicyclic) bond motifs is 9. The van der Waals surface area contributed by atoms with Crippen LogP contribution in [0.3, 0.4) is 0 Å². The molecule has 3 aromatic heterocycles. The van der Waals surface area contributed by atoms with Crippen molar-refractivity contribution in [3.63, 3.8) is 0 Å². The van der Waals surface area contributed by atoms with Gasteiger partial charge in [-0.3, -0.25) is 0 Å². The first kappa shape index (κ1) is 36.1. The van der Waals surface area contributed by atoms with Crippen molar-refractivity contribution >= 4 is 82.6 Å². The molecule has 10 aromatic carbocycles. The topological polar surface area (TPSA) is 26.2 Å². The fraction of sp³-hybridized carbons (Fsp3) is 0. The number of furan rings is 1. The van der Waals surface area contributed by atoms with Gasteiger partial charge in [-0.15, -0.1) is 0 Å². The first-order valence-electron chi connectivity index (χ1n) is 21.8. The molecular weight excluding hydrogens is 779 g/mol. The molecule has 0 fully saturated rings. The summed E-state index contributed by atoms with van der Waals surface area (Å²) < 4.78 is 11.7. The molecule has 64 heavy (non-hydrogen) atoms. The quantitative estimate of drug-likeness (QED) is 0.160. The Morgan fingerprint density at radius 1 is 0.297 bits per heavy atom. The van der Waals surface area contributed by atoms with Gasteiger partial charge in [0.25, 0.3) is 0 Å². The molecule has 3 heterocycles. The summed E-state index contributed by atoms with van der Waals surface area (Å²) >= 11 is 0. The third-order valence-corrected chi connectivity index (χ3v) is 12.9. The minimum Gasteiger partial charge on any atom is -0.454 e. The molecule has 4 heteroatoms. The van der Waals surface area contributed by atoms with Crippen LogP contribution in [0.1, 0.15) is 0 Å². The summed E-state index contributed by atoms with van der Waals surface area (Å²) in [5.74, 6) is 0. The van der Waals surface area contributed by atoms with E-state index >= 15 is 0 Å². The standard InChI is InChI=1S/C60H39N3O/c1-2-15-40(16-3-1)41-29-31-42(32-30-41)43-33-35-44(36-34-43)61(58-27-14-22-53-52-21-8-13-28-59(52)64-60(53)58)45-37-46(62-54-23-9-4-17-48(54)49-18-5-10-24-55(49)62)39-47(38-45)63-56-25-11-6-19-50(56)51-20-7-12-26-57(51)63/h1-39H. The average molecular weight is 818 g/mol. The molecule has 0 N–H and O–H groups in total. The van der Waals surface area contributed by atoms with Crippen LogP contribution in [0.4, 0.5) is 17.1 Å². The van der Waals surface area contributed by atoms with Gasteiger partial charge in [0.2, 0.25) is 0 Å². The van der Waals surface area contributed by atoms with Crippen molar-refractivity contribution in [2.24, 2.45) is 0 Å². The molecule has 0 unspecified atom stereocenters. The van der Waals surface area contributed by atoms with E-state index < -0.39 is 0 Å². The molecule has 0 aliphatic heterocycles. The Hall–Kier alpha value is -8.60. The zero-order chi connectivity index (χ0) is 42.1. The minimum absolute atomic E-state index is 0.838. The van der Waals surface area contributed by atoms with E-state index in [1.165, 1.54) is 38.2 Å². The third kappa shape index (κ3) is 5.70. The molecule has 0 bridgehead atoms. The van der Waals surface area contributed by atoms with Gasteiger partial charge in [-0.2, -0.15) is 0 Å². The Labute approximate surface area is 369 Å². The number of nitrogens with zero attached hydrogens (tertiary/aromatic N) is 3. The minimum atomic E-state index is 0.838. The molecule has 0 radical (unpaired) electrons. The molecule has 300 valence electrons. The van der Waals surface area contributed by atoms with Crippen molar-refractivity contribution in [2.75, 3.05) is 4.90 Å². The van der Waals surface area contributed by atoms with Gasteiger partial charge < -0.3 is 18.5 Å². The first-order valence-corrected chi connectivity index (χ1v) is 21.8. The second kappa shape index (κ2) is 14.5. The number of benzene rings is 10. The van der Waals surface area contributed by atoms with Crippen LogP contribution in [0.15, 0.2) is 241 Å². The van der Waals surface area contributed by atoms with Crippen LogP contribution in [0.5, 0.6) is 0 Å². The summed E-state index contributed by atoms with van der Waals surface area (Å²) in [4.78, 5) is 2.38. The maximum Gasteiger partial charge on any atom is 0.159 e. The van der Waals surface area contributed by atoms with E-state index in [-0.39, 0.29) is 0 Å². The van der Waals surface area contributed by atoms with Crippen LogP contribution >= 0.6 is 0 Å². The Bertz CT molecular complexity index is 3650. The van der Waals surface area contributed by atoms with Crippen molar-refractivity contribution in [2.45, 2.75) is 0 Å². The lowest BCUT2D eigenvalue weighted by Gasteiger charge is -2.27. The maximum atomic E-state index is 6.83. The van der Waals surface area contributed by atoms with Crippen LogP contribution < -0.4 is 4.90 Å². The SMILES string of the molecule is c1ccc(-c2ccc(-c3ccc(N(c4cc(-n5c6ccccc6c6ccccc65)cc(-n5c6ccccc6c6ccccc65)c4)c4cccc5c4oc4ccccc45)cc3)cc2)cc1. The van der Waals surface area contributed by atoms with Crippen LogP contribution in [-0.4, -0.2) is 9.13 Å². The van der Waals surface area contributed by atoms with Crippen LogP contribution in [0.2, 0.25) is 0 Å². The molecule has 0 saturated heterocycles. The normalized spacial score (nSPS) is 11.8. The number of para-hydroxylation sites is 6. The van der Waals surface area contributed by atoms with Gasteiger partial charge >= 0.3 is 0 Å². The smallest absolute Gasteiger partial charge is 0.159 e. The molecule has 4 nitrogen and oxygen atoms in total. The first-order chi connectivity index (χ1) is 31.7. The van der Waals surface area contributed by atoms with E-state index in [1.54, 1.807) is 0 Å². The highest BCUT2D eigenvalue weighted by atomic mass is 16.3. The summed E-state index contributed by atoms with van der Waals surface area (Å²) in [7, 11) is 0. The van der Waals surface area contributed by atoms with Gasteiger partial charge in [0.05, 0.1) is 44.8 Å². The molecule has 0 aliphatic rings. The number of hydrogen-bond acceptors (Lipinski definition) is 2. The van der Waals surface area contributed by atoms with E-state index in [4.69, 9.17) is 4.42 Å². The summed E-state index contributed by atoms with van der Waals surface area (Å²) in [5, 5.41) is 7.06. The second-order valence-electron chi connectivity index (χ2n) is 16.5. The van der Waals surface area contributed by atoms with Crippen molar-refractivity contribution in [3.05, 3.63) is 237 Å². The van der Waals surface area contributed by atoms with Gasteiger partial charge in [-0.1, -0.05) is 170 Å². The predicted molar refractivity (Wildman–Crippen MR) is 268 cm³/mol. The van der Waals surface area contributed by atoms with Crippen LogP contribution in [-0.2, 0) is 0 Å². The summed E-state index contributed by atoms with van der Waals surface area (Å²) in [5.41, 5.74) is 16.2. The van der Waals surface area contributed by atoms with Crippen molar-refractivity contribution in [1.29, 1.82) is 0 Å². The van der Waals surface area contributed by atoms with E-state index in [0.29, 0.717) is 0 Å². The van der Waals surface area contributed by atoms with E-state index in [1.807, 2.05) is 6.07 Å². The molecular formula is C60H39N3O. The lowest BCUT2D eigenvalue weighted by Crippen LogP contribution is -2.12. The third-order valence-electron chi connectivity index (χ3n) is 12.9. The second-order valence-corrected chi connectivity index (χ2v) is 16.5. The highest BCUT2D eigenvalue weighted by molar-refractivity contribution is 6.12. The van der Waals surface area contributed by atoms with Crippen molar-refractivity contribution in [3.8, 4) is 33.6 Å². The number of rotatable bonds is 7. The Morgan fingerprint density at radius 2 is 0.703 bits per heavy atom. The van der Waals surface area contributed by atoms with Crippen LogP contribution in [0, 0.1) is 0 Å². The monoisotopic (exact) mass is 817 g/mol. The summed E-state index contributed by atoms with van der Waals surface area (Å²) in [6, 6.07) is 85.2. The van der Waals surface area contributed by atoms with Gasteiger partial charge in [0, 0.05) is 38.0 Å². The number of anilines is 3. The molecule has 0 atom stereocenters. The fourth-order valence-corrected chi connectivity index (χ4v) is 9.99. The van der Waals surface area contributed by atoms with Gasteiger partial charge in [-0.25, -0.2) is 0 Å². The largest absolute Gasteiger partial charge is 0.454 e. The Morgan fingerprint density at radius 3 is 1.22 bits per heavy atom. The number of aromatic nitrogens is 2. The maximum absolute atomic E-state index is 6.83. The van der Waals surface area contributed by atoms with Gasteiger partial charge in [0.15, 0.2) is 5.58 Å². The average Bonchev–Trinajstić information content (AvgIpc) is 4.03. The van der Waals surface area contributed by atoms with E-state index in [2.05, 4.69) is 245 Å². The molecule has 0 amide bonds. The fourth-order valence-electron chi connectivity index (χ4n) is 9.99. The predicted octanol–water partition coefficient (Wildman–Crippen LogP) is 16.6. The van der Waals surface area contributed by atoms with Gasteiger partial charge in [-0.05, 0) is 89.0 Å². The molecule has 0 saturated carbocycles. The summed E-state index contributed by atoms with van der Waals surface area (Å²) in [6.45, 7) is 0. The molecule has 0 aliphatic carbocycles. The zero-order valence-electron chi connectivity index (χ0n) is 34.8. The Balaban J connectivity index is 1.08. The zero-order valence-corrected chi connectivity index (χ0v) is 34.8. The summed E-state index contributed by atoms with van der Waals surface area (Å²) in [6.07, 6.45) is 0. The van der Waals surface area contributed by atoms with Gasteiger partial charge in [0.1, 0.15) is 5.58 Å². The Kier molecular flexibility index (Phi) is 8.18. The number of hydrogen-bond donors (Lipinski definition) is 0. The lowest BCUT2D eigenvalue weighted by molar-refractivity contribution is 0.669. The van der Waals surface area contributed by atoms with E-state index in [0.717, 1.165) is 78.0 Å². The van der Waals surface area contributed by atoms with Crippen molar-refractivity contribution in [1.82, 2.24) is 9.13 Å². The highest BCUT2D eigenvalue weighted by Gasteiger charge is 2.23. The van der Waals surface area contributed by atoms with Crippen LogP contribution in [0.25, 0.3) is 99.2 Å². The van der Waals surface area contributed by atoms with Crippen molar-refractivity contribution < 1.29 is 4.42 Å². The highest BCUT2D eigenvalue weighted by Crippen LogP contribution is 2.45. The van der Waals surface area contributed by atoms with E-state index in [9.17, 15) is 0 Å². The molecule has 13 aromatic rings.